The van der Waals surface area contributed by atoms with E-state index in [4.69, 9.17) is 11.6 Å². The molecule has 45 heavy (non-hydrogen) atoms. The molecule has 0 aliphatic carbocycles. The van der Waals surface area contributed by atoms with Crippen LogP contribution in [0.1, 0.15) is 24.4 Å². The summed E-state index contributed by atoms with van der Waals surface area (Å²) in [5.74, 6) is -2.05. The smallest absolute Gasteiger partial charge is 0.251 e. The Balaban J connectivity index is 1.47. The van der Waals surface area contributed by atoms with Crippen molar-refractivity contribution in [3.05, 3.63) is 121 Å². The lowest BCUT2D eigenvalue weighted by Gasteiger charge is -2.39. The molecule has 3 saturated heterocycles. The summed E-state index contributed by atoms with van der Waals surface area (Å²) in [5.41, 5.74) is 2.09. The van der Waals surface area contributed by atoms with Gasteiger partial charge in [-0.2, -0.15) is 0 Å². The van der Waals surface area contributed by atoms with Gasteiger partial charge in [-0.15, -0.1) is 24.9 Å². The Morgan fingerprint density at radius 2 is 1.51 bits per heavy atom. The Morgan fingerprint density at radius 3 is 2.11 bits per heavy atom. The van der Waals surface area contributed by atoms with E-state index < -0.39 is 28.7 Å². The van der Waals surface area contributed by atoms with Crippen LogP contribution in [0.3, 0.4) is 0 Å². The Bertz CT molecular complexity index is 1590. The second-order valence-electron chi connectivity index (χ2n) is 11.7. The van der Waals surface area contributed by atoms with Crippen LogP contribution in [-0.2, 0) is 14.4 Å². The molecule has 0 radical (unpaired) electrons. The van der Waals surface area contributed by atoms with Gasteiger partial charge in [0.15, 0.2) is 0 Å². The first-order valence-electron chi connectivity index (χ1n) is 15.2. The molecule has 1 spiro atoms. The Labute approximate surface area is 273 Å². The molecule has 6 rings (SSSR count). The van der Waals surface area contributed by atoms with Crippen LogP contribution < -0.4 is 9.80 Å². The quantitative estimate of drug-likeness (QED) is 0.264. The summed E-state index contributed by atoms with van der Waals surface area (Å²) in [7, 11) is 0. The van der Waals surface area contributed by atoms with Gasteiger partial charge in [0.05, 0.1) is 29.2 Å². The van der Waals surface area contributed by atoms with Crippen molar-refractivity contribution >= 4 is 52.5 Å². The summed E-state index contributed by atoms with van der Waals surface area (Å²) in [4.78, 5) is 49.2. The lowest BCUT2D eigenvalue weighted by Crippen LogP contribution is -2.56. The molecule has 2 bridgehead atoms. The molecule has 232 valence electrons. The molecule has 0 saturated carbocycles. The van der Waals surface area contributed by atoms with Crippen molar-refractivity contribution in [2.24, 2.45) is 11.8 Å². The molecular weight excluding hydrogens is 606 g/mol. The van der Waals surface area contributed by atoms with E-state index in [0.29, 0.717) is 30.1 Å². The van der Waals surface area contributed by atoms with E-state index in [1.54, 1.807) is 62.9 Å². The highest BCUT2D eigenvalue weighted by molar-refractivity contribution is 8.02. The molecule has 3 fully saturated rings. The minimum atomic E-state index is -0.916. The first-order valence-corrected chi connectivity index (χ1v) is 16.4. The third kappa shape index (κ3) is 5.29. The Morgan fingerprint density at radius 1 is 0.933 bits per heavy atom. The number of carbonyl (C=O) groups is 3. The maximum Gasteiger partial charge on any atom is 0.251 e. The first-order chi connectivity index (χ1) is 21.9. The van der Waals surface area contributed by atoms with Crippen molar-refractivity contribution in [3.63, 3.8) is 0 Å². The fraction of sp³-hybridized carbons (Fsp3) is 0.306. The van der Waals surface area contributed by atoms with E-state index in [-0.39, 0.29) is 36.1 Å². The van der Waals surface area contributed by atoms with Gasteiger partial charge in [-0.05, 0) is 54.8 Å². The number of rotatable bonds is 11. The predicted molar refractivity (Wildman–Crippen MR) is 180 cm³/mol. The van der Waals surface area contributed by atoms with E-state index in [0.717, 1.165) is 11.3 Å². The molecule has 2 unspecified atom stereocenters. The molecule has 9 heteroatoms. The number of fused-ring (bicyclic) bond motifs is 1. The normalized spacial score (nSPS) is 25.5. The number of anilines is 2. The van der Waals surface area contributed by atoms with E-state index in [2.05, 4.69) is 13.2 Å². The molecule has 1 N–H and O–H groups in total. The van der Waals surface area contributed by atoms with E-state index in [1.807, 2.05) is 60.7 Å². The average molecular weight is 642 g/mol. The number of hydrogen-bond acceptors (Lipinski definition) is 5. The Kier molecular flexibility index (Phi) is 8.91. The molecule has 0 aromatic heterocycles. The van der Waals surface area contributed by atoms with Gasteiger partial charge in [-0.25, -0.2) is 0 Å². The standard InChI is InChI=1S/C36H36ClN3O4S/c1-3-21-38(26-13-9-6-10-14-26)33(42)30-29-19-20-36(45-29)31(30)34(43)40(28(23-41)24-11-7-5-8-12-24)32(36)35(44)39(22-4-2)27-17-15-25(37)16-18-27/h3-18,28-32,41H,1-2,19-23H2/t28-,29-,30+,31+,32?,36?/m1/s1. The van der Waals surface area contributed by atoms with Gasteiger partial charge in [0, 0.05) is 34.7 Å². The minimum Gasteiger partial charge on any atom is -0.394 e. The maximum atomic E-state index is 14.9. The molecule has 3 aromatic rings. The summed E-state index contributed by atoms with van der Waals surface area (Å²) in [5, 5.41) is 11.2. The van der Waals surface area contributed by atoms with Crippen LogP contribution in [0.2, 0.25) is 5.02 Å². The largest absolute Gasteiger partial charge is 0.394 e. The number of likely N-dealkylation sites (tertiary alicyclic amines) is 1. The van der Waals surface area contributed by atoms with Crippen molar-refractivity contribution < 1.29 is 19.5 Å². The van der Waals surface area contributed by atoms with Crippen molar-refractivity contribution in [1.29, 1.82) is 0 Å². The zero-order valence-corrected chi connectivity index (χ0v) is 26.4. The number of aliphatic hydroxyl groups is 1. The zero-order valence-electron chi connectivity index (χ0n) is 24.9. The van der Waals surface area contributed by atoms with Crippen LogP contribution in [-0.4, -0.2) is 63.5 Å². The molecule has 3 amide bonds. The van der Waals surface area contributed by atoms with Crippen LogP contribution >= 0.6 is 23.4 Å². The van der Waals surface area contributed by atoms with Gasteiger partial charge in [0.1, 0.15) is 6.04 Å². The average Bonchev–Trinajstić information content (AvgIpc) is 3.71. The van der Waals surface area contributed by atoms with Gasteiger partial charge < -0.3 is 19.8 Å². The van der Waals surface area contributed by atoms with Crippen molar-refractivity contribution in [3.8, 4) is 0 Å². The molecule has 6 atom stereocenters. The number of halogens is 1. The predicted octanol–water partition coefficient (Wildman–Crippen LogP) is 5.90. The number of nitrogens with zero attached hydrogens (tertiary/aromatic N) is 3. The third-order valence-electron chi connectivity index (χ3n) is 9.31. The molecule has 3 aliphatic rings. The highest BCUT2D eigenvalue weighted by Crippen LogP contribution is 2.67. The van der Waals surface area contributed by atoms with Crippen LogP contribution in [0.15, 0.2) is 110 Å². The zero-order chi connectivity index (χ0) is 31.7. The summed E-state index contributed by atoms with van der Waals surface area (Å²) in [6.07, 6.45) is 4.66. The number of para-hydroxylation sites is 1. The van der Waals surface area contributed by atoms with Crippen LogP contribution in [0, 0.1) is 11.8 Å². The lowest BCUT2D eigenvalue weighted by molar-refractivity contribution is -0.142. The van der Waals surface area contributed by atoms with Crippen molar-refractivity contribution in [1.82, 2.24) is 4.90 Å². The topological polar surface area (TPSA) is 81.2 Å². The summed E-state index contributed by atoms with van der Waals surface area (Å²) >= 11 is 7.79. The highest BCUT2D eigenvalue weighted by atomic mass is 35.5. The summed E-state index contributed by atoms with van der Waals surface area (Å²) in [6.45, 7) is 7.91. The second kappa shape index (κ2) is 12.9. The van der Waals surface area contributed by atoms with Gasteiger partial charge in [-0.3, -0.25) is 14.4 Å². The van der Waals surface area contributed by atoms with Gasteiger partial charge >= 0.3 is 0 Å². The van der Waals surface area contributed by atoms with Gasteiger partial charge in [0.2, 0.25) is 11.8 Å². The summed E-state index contributed by atoms with van der Waals surface area (Å²) in [6, 6.07) is 24.0. The van der Waals surface area contributed by atoms with Crippen LogP contribution in [0.5, 0.6) is 0 Å². The number of amides is 3. The van der Waals surface area contributed by atoms with Crippen molar-refractivity contribution in [2.45, 2.75) is 34.9 Å². The van der Waals surface area contributed by atoms with Gasteiger partial charge in [0.25, 0.3) is 5.91 Å². The summed E-state index contributed by atoms with van der Waals surface area (Å²) < 4.78 is -0.844. The number of thioether (sulfide) groups is 1. The monoisotopic (exact) mass is 641 g/mol. The highest BCUT2D eigenvalue weighted by Gasteiger charge is 2.74. The fourth-order valence-corrected chi connectivity index (χ4v) is 9.80. The Hall–Kier alpha value is -3.85. The van der Waals surface area contributed by atoms with E-state index in [9.17, 15) is 19.5 Å². The number of hydrogen-bond donors (Lipinski definition) is 1. The lowest BCUT2D eigenvalue weighted by atomic mass is 9.70. The minimum absolute atomic E-state index is 0.118. The number of aliphatic hydroxyl groups excluding tert-OH is 1. The first kappa shape index (κ1) is 31.1. The number of carbonyl (C=O) groups excluding carboxylic acids is 3. The number of benzene rings is 3. The SMILES string of the molecule is C=CCN(C(=O)C1N([C@H](CO)c2ccccc2)C(=O)[C@@H]2[C@@H](C(=O)N(CC=C)c3ccccc3)[C@H]3CCC12S3)c1ccc(Cl)cc1. The third-order valence-corrected chi connectivity index (χ3v) is 11.5. The van der Waals surface area contributed by atoms with E-state index in [1.165, 1.54) is 0 Å². The van der Waals surface area contributed by atoms with Gasteiger partial charge in [-0.1, -0.05) is 72.3 Å². The van der Waals surface area contributed by atoms with Crippen LogP contribution in [0.25, 0.3) is 0 Å². The van der Waals surface area contributed by atoms with E-state index >= 15 is 0 Å². The second-order valence-corrected chi connectivity index (χ2v) is 13.7. The molecule has 3 heterocycles. The molecular formula is C36H36ClN3O4S. The molecule has 3 aromatic carbocycles. The van der Waals surface area contributed by atoms with Crippen LogP contribution in [0.4, 0.5) is 11.4 Å². The molecule has 3 aliphatic heterocycles. The van der Waals surface area contributed by atoms with Crippen molar-refractivity contribution in [2.75, 3.05) is 29.5 Å². The molecule has 7 nitrogen and oxygen atoms in total. The maximum absolute atomic E-state index is 14.9. The fourth-order valence-electron chi connectivity index (χ4n) is 7.48.